The summed E-state index contributed by atoms with van der Waals surface area (Å²) in [5.41, 5.74) is 5.28. The highest BCUT2D eigenvalue weighted by atomic mass is 35.5. The maximum Gasteiger partial charge on any atom is 0.293 e. The van der Waals surface area contributed by atoms with Gasteiger partial charge in [-0.05, 0) is 90.3 Å². The van der Waals surface area contributed by atoms with Crippen LogP contribution in [0.3, 0.4) is 0 Å². The number of allylic oxidation sites excluding steroid dienone is 1. The van der Waals surface area contributed by atoms with Gasteiger partial charge in [-0.1, -0.05) is 57.0 Å². The number of piperazine rings is 1. The summed E-state index contributed by atoms with van der Waals surface area (Å²) >= 11 is 6.30. The minimum atomic E-state index is -4.59. The molecule has 0 spiro atoms. The Balaban J connectivity index is 1.03. The highest BCUT2D eigenvalue weighted by Crippen LogP contribution is 2.54. The first-order chi connectivity index (χ1) is 30.5. The molecule has 3 N–H and O–H groups in total. The molecule has 5 aromatic rings. The molecule has 3 aliphatic rings. The lowest BCUT2D eigenvalue weighted by Crippen LogP contribution is -2.53. The number of benzene rings is 3. The van der Waals surface area contributed by atoms with E-state index in [9.17, 15) is 23.3 Å². The molecule has 17 heteroatoms. The van der Waals surface area contributed by atoms with Gasteiger partial charge in [-0.2, -0.15) is 0 Å². The van der Waals surface area contributed by atoms with Gasteiger partial charge in [0.2, 0.25) is 0 Å². The van der Waals surface area contributed by atoms with Crippen molar-refractivity contribution in [2.24, 2.45) is 10.8 Å². The predicted octanol–water partition coefficient (Wildman–Crippen LogP) is 8.67. The third-order valence-electron chi connectivity index (χ3n) is 13.2. The van der Waals surface area contributed by atoms with E-state index in [1.807, 2.05) is 18.2 Å². The number of sulfonamides is 1. The molecule has 1 amide bonds. The number of pyridine rings is 1. The molecule has 2 aromatic heterocycles. The van der Waals surface area contributed by atoms with E-state index in [2.05, 4.69) is 76.6 Å². The van der Waals surface area contributed by atoms with Crippen LogP contribution < -0.4 is 19.7 Å². The van der Waals surface area contributed by atoms with Crippen molar-refractivity contribution in [3.63, 3.8) is 0 Å². The van der Waals surface area contributed by atoms with Crippen molar-refractivity contribution < 1.29 is 32.3 Å². The Hall–Kier alpha value is -5.52. The number of aromatic amines is 1. The van der Waals surface area contributed by atoms with Gasteiger partial charge in [0.15, 0.2) is 0 Å². The molecule has 338 valence electrons. The number of halogens is 1. The highest BCUT2D eigenvalue weighted by Gasteiger charge is 2.43. The molecule has 1 aliphatic carbocycles. The lowest BCUT2D eigenvalue weighted by Gasteiger charge is -2.49. The van der Waals surface area contributed by atoms with Gasteiger partial charge in [-0.3, -0.25) is 19.8 Å². The standard InChI is InChI=1S/C47H54ClN7O8S/c1-30-27-54(17-16-53(30)28-33-23-46(2,3)47(4,5)24-40(33)31-6-8-34(48)9-7-31)35-10-12-39(43(21-35)63-36-20-32-14-15-49-44(32)51-25-36)45(56)52-64(59,60)38-11-13-41(42(22-38)55(57)58)50-26-37-29-61-18-19-62-37/h6-15,20-22,25,30,37,50H,16-19,23-24,26-29H2,1-5H3,(H,49,51)(H,52,56)/t30-,37+/m1/s1. The molecule has 2 saturated heterocycles. The number of H-pyrrole nitrogens is 1. The second-order valence-electron chi connectivity index (χ2n) is 18.2. The smallest absolute Gasteiger partial charge is 0.293 e. The number of rotatable bonds is 13. The van der Waals surface area contributed by atoms with Crippen LogP contribution >= 0.6 is 11.6 Å². The van der Waals surface area contributed by atoms with Crippen molar-refractivity contribution >= 4 is 61.2 Å². The van der Waals surface area contributed by atoms with Gasteiger partial charge in [0, 0.05) is 73.2 Å². The number of amides is 1. The van der Waals surface area contributed by atoms with Gasteiger partial charge in [-0.25, -0.2) is 18.1 Å². The molecule has 15 nitrogen and oxygen atoms in total. The number of nitro groups is 1. The van der Waals surface area contributed by atoms with Crippen LogP contribution in [-0.4, -0.2) is 98.8 Å². The van der Waals surface area contributed by atoms with Crippen LogP contribution in [0.1, 0.15) is 63.4 Å². The van der Waals surface area contributed by atoms with Crippen LogP contribution in [0.4, 0.5) is 17.1 Å². The summed E-state index contributed by atoms with van der Waals surface area (Å²) in [5.74, 6) is -0.522. The minimum absolute atomic E-state index is 0.0554. The summed E-state index contributed by atoms with van der Waals surface area (Å²) < 4.78 is 46.9. The van der Waals surface area contributed by atoms with Gasteiger partial charge < -0.3 is 29.4 Å². The van der Waals surface area contributed by atoms with Gasteiger partial charge in [0.05, 0.1) is 47.5 Å². The monoisotopic (exact) mass is 911 g/mol. The van der Waals surface area contributed by atoms with Gasteiger partial charge >= 0.3 is 0 Å². The molecule has 0 bridgehead atoms. The number of fused-ring (bicyclic) bond motifs is 1. The quantitative estimate of drug-likeness (QED) is 0.0757. The Morgan fingerprint density at radius 3 is 2.53 bits per heavy atom. The van der Waals surface area contributed by atoms with Crippen LogP contribution in [0.2, 0.25) is 5.02 Å². The molecule has 3 aromatic carbocycles. The normalized spacial score (nSPS) is 20.2. The largest absolute Gasteiger partial charge is 0.455 e. The molecule has 2 aliphatic heterocycles. The zero-order chi connectivity index (χ0) is 45.4. The molecule has 0 radical (unpaired) electrons. The Labute approximate surface area is 378 Å². The fourth-order valence-electron chi connectivity index (χ4n) is 8.68. The van der Waals surface area contributed by atoms with E-state index in [1.54, 1.807) is 24.4 Å². The topological polar surface area (TPSA) is 181 Å². The molecule has 2 fully saturated rings. The van der Waals surface area contributed by atoms with E-state index in [1.165, 1.54) is 41.1 Å². The van der Waals surface area contributed by atoms with Crippen molar-refractivity contribution in [2.45, 2.75) is 64.5 Å². The van der Waals surface area contributed by atoms with Crippen molar-refractivity contribution in [1.29, 1.82) is 0 Å². The van der Waals surface area contributed by atoms with E-state index < -0.39 is 31.4 Å². The molecule has 0 saturated carbocycles. The number of hydrogen-bond donors (Lipinski definition) is 3. The SMILES string of the molecule is C[C@@H]1CN(c2ccc(C(=O)NS(=O)(=O)c3ccc(NC[C@H]4COCCO4)c([N+](=O)[O-])c3)c(Oc3cnc4[nH]ccc4c3)c2)CCN1CC1=C(c2ccc(Cl)cc2)CC(C)(C)C(C)(C)C1. The van der Waals surface area contributed by atoms with Gasteiger partial charge in [-0.15, -0.1) is 0 Å². The number of ether oxygens (including phenoxy) is 3. The summed E-state index contributed by atoms with van der Waals surface area (Å²) in [6.45, 7) is 16.1. The Morgan fingerprint density at radius 1 is 1.02 bits per heavy atom. The maximum atomic E-state index is 14.0. The third-order valence-corrected chi connectivity index (χ3v) is 14.8. The van der Waals surface area contributed by atoms with Gasteiger partial charge in [0.25, 0.3) is 21.6 Å². The first-order valence-corrected chi connectivity index (χ1v) is 23.3. The molecule has 2 atom stereocenters. The fourth-order valence-corrected chi connectivity index (χ4v) is 9.79. The fraction of sp³-hybridized carbons (Fsp3) is 0.404. The van der Waals surface area contributed by atoms with Crippen LogP contribution in [0.25, 0.3) is 16.6 Å². The minimum Gasteiger partial charge on any atom is -0.455 e. The second kappa shape index (κ2) is 18.2. The van der Waals surface area contributed by atoms with E-state index in [-0.39, 0.29) is 46.5 Å². The lowest BCUT2D eigenvalue weighted by molar-refractivity contribution is -0.384. The molecule has 8 rings (SSSR count). The van der Waals surface area contributed by atoms with E-state index in [4.69, 9.17) is 25.8 Å². The average Bonchev–Trinajstić information content (AvgIpc) is 3.73. The van der Waals surface area contributed by atoms with Crippen LogP contribution in [0.5, 0.6) is 11.5 Å². The number of nitrogens with one attached hydrogen (secondary N) is 3. The first kappa shape index (κ1) is 45.1. The van der Waals surface area contributed by atoms with Crippen molar-refractivity contribution in [1.82, 2.24) is 19.6 Å². The number of nitro benzene ring substituents is 1. The summed E-state index contributed by atoms with van der Waals surface area (Å²) in [5, 5.41) is 16.5. The summed E-state index contributed by atoms with van der Waals surface area (Å²) in [6.07, 6.45) is 4.91. The zero-order valence-electron chi connectivity index (χ0n) is 36.6. The second-order valence-corrected chi connectivity index (χ2v) is 20.3. The van der Waals surface area contributed by atoms with Gasteiger partial charge in [0.1, 0.15) is 22.8 Å². The number of anilines is 2. The number of carbonyl (C=O) groups excluding carboxylic acids is 1. The molecule has 0 unspecified atom stereocenters. The third kappa shape index (κ3) is 9.76. The highest BCUT2D eigenvalue weighted by molar-refractivity contribution is 7.90. The van der Waals surface area contributed by atoms with E-state index >= 15 is 0 Å². The Morgan fingerprint density at radius 2 is 1.80 bits per heavy atom. The van der Waals surface area contributed by atoms with Crippen LogP contribution in [-0.2, 0) is 19.5 Å². The maximum absolute atomic E-state index is 14.0. The predicted molar refractivity (Wildman–Crippen MR) is 248 cm³/mol. The summed E-state index contributed by atoms with van der Waals surface area (Å²) in [6, 6.07) is 20.4. The van der Waals surface area contributed by atoms with E-state index in [0.717, 1.165) is 48.1 Å². The van der Waals surface area contributed by atoms with Crippen molar-refractivity contribution in [3.8, 4) is 11.5 Å². The van der Waals surface area contributed by atoms with Crippen LogP contribution in [0.15, 0.2) is 95.7 Å². The molecule has 64 heavy (non-hydrogen) atoms. The summed E-state index contributed by atoms with van der Waals surface area (Å²) in [4.78, 5) is 37.2. The molecular weight excluding hydrogens is 858 g/mol. The van der Waals surface area contributed by atoms with Crippen molar-refractivity contribution in [3.05, 3.63) is 117 Å². The number of carbonyl (C=O) groups is 1. The van der Waals surface area contributed by atoms with E-state index in [0.29, 0.717) is 44.3 Å². The first-order valence-electron chi connectivity index (χ1n) is 21.5. The average molecular weight is 913 g/mol. The molecular formula is C47H54ClN7O8S. The zero-order valence-corrected chi connectivity index (χ0v) is 38.2. The van der Waals surface area contributed by atoms with Crippen LogP contribution in [0, 0.1) is 20.9 Å². The Bertz CT molecular complexity index is 2700. The van der Waals surface area contributed by atoms with Crippen molar-refractivity contribution in [2.75, 3.05) is 62.8 Å². The Kier molecular flexibility index (Phi) is 12.8. The number of aromatic nitrogens is 2. The number of hydrogen-bond acceptors (Lipinski definition) is 12. The summed E-state index contributed by atoms with van der Waals surface area (Å²) in [7, 11) is -4.59. The lowest BCUT2D eigenvalue weighted by atomic mass is 9.57. The molecule has 4 heterocycles. The number of nitrogens with zero attached hydrogens (tertiary/aromatic N) is 4.